The van der Waals surface area contributed by atoms with Crippen molar-refractivity contribution < 1.29 is 9.90 Å². The van der Waals surface area contributed by atoms with Gasteiger partial charge >= 0.3 is 0 Å². The van der Waals surface area contributed by atoms with E-state index in [0.717, 1.165) is 19.4 Å². The average Bonchev–Trinajstić information content (AvgIpc) is 2.52. The van der Waals surface area contributed by atoms with Gasteiger partial charge in [-0.2, -0.15) is 0 Å². The summed E-state index contributed by atoms with van der Waals surface area (Å²) in [6, 6.07) is 1.69. The third-order valence-electron chi connectivity index (χ3n) is 3.44. The number of likely N-dealkylation sites (tertiary alicyclic amines) is 1. The van der Waals surface area contributed by atoms with Gasteiger partial charge in [0.1, 0.15) is 0 Å². The zero-order valence-corrected chi connectivity index (χ0v) is 11.4. The van der Waals surface area contributed by atoms with Gasteiger partial charge in [-0.25, -0.2) is 0 Å². The normalized spacial score (nSPS) is 18.3. The van der Waals surface area contributed by atoms with E-state index < -0.39 is 0 Å². The van der Waals surface area contributed by atoms with Crippen molar-refractivity contribution in [1.82, 2.24) is 9.88 Å². The molecule has 5 heteroatoms. The van der Waals surface area contributed by atoms with Gasteiger partial charge in [0.05, 0.1) is 17.7 Å². The highest BCUT2D eigenvalue weighted by Crippen LogP contribution is 2.19. The Balaban J connectivity index is 2.20. The van der Waals surface area contributed by atoms with Gasteiger partial charge in [-0.1, -0.05) is 11.8 Å². The van der Waals surface area contributed by atoms with E-state index in [2.05, 4.69) is 16.8 Å². The number of hydrogen-bond donors (Lipinski definition) is 2. The zero-order valence-electron chi connectivity index (χ0n) is 11.4. The summed E-state index contributed by atoms with van der Waals surface area (Å²) in [5, 5.41) is 9.25. The van der Waals surface area contributed by atoms with Crippen LogP contribution in [-0.2, 0) is 0 Å². The number of carbonyl (C=O) groups excluding carboxylic acids is 1. The van der Waals surface area contributed by atoms with Crippen LogP contribution in [-0.4, -0.2) is 47.1 Å². The Labute approximate surface area is 118 Å². The molecule has 0 radical (unpaired) electrons. The number of piperidine rings is 1. The van der Waals surface area contributed by atoms with Crippen LogP contribution in [0.25, 0.3) is 0 Å². The highest BCUT2D eigenvalue weighted by atomic mass is 16.3. The Morgan fingerprint density at radius 3 is 3.20 bits per heavy atom. The predicted molar refractivity (Wildman–Crippen MR) is 75.9 cm³/mol. The molecular formula is C15H19N3O2. The summed E-state index contributed by atoms with van der Waals surface area (Å²) in [7, 11) is 0. The molecule has 1 aromatic rings. The molecule has 2 rings (SSSR count). The molecule has 0 spiro atoms. The maximum Gasteiger partial charge on any atom is 0.255 e. The molecule has 106 valence electrons. The molecule has 0 aromatic carbocycles. The van der Waals surface area contributed by atoms with Crippen LogP contribution in [0, 0.1) is 17.8 Å². The fraction of sp³-hybridized carbons (Fsp3) is 0.467. The number of rotatable bonds is 2. The lowest BCUT2D eigenvalue weighted by molar-refractivity contribution is 0.0620. The minimum absolute atomic E-state index is 0.0492. The molecule has 20 heavy (non-hydrogen) atoms. The third kappa shape index (κ3) is 3.35. The van der Waals surface area contributed by atoms with Crippen molar-refractivity contribution in [2.45, 2.75) is 12.8 Å². The quantitative estimate of drug-likeness (QED) is 0.756. The molecule has 2 heterocycles. The largest absolute Gasteiger partial charge is 0.396 e. The van der Waals surface area contributed by atoms with Gasteiger partial charge in [0, 0.05) is 32.1 Å². The van der Waals surface area contributed by atoms with Crippen LogP contribution in [0.3, 0.4) is 0 Å². The molecule has 1 unspecified atom stereocenters. The van der Waals surface area contributed by atoms with Crippen molar-refractivity contribution in [1.29, 1.82) is 0 Å². The first-order valence-corrected chi connectivity index (χ1v) is 6.79. The zero-order chi connectivity index (χ0) is 14.4. The fourth-order valence-corrected chi connectivity index (χ4v) is 2.40. The van der Waals surface area contributed by atoms with E-state index in [1.807, 2.05) is 0 Å². The lowest BCUT2D eigenvalue weighted by Gasteiger charge is -2.32. The molecule has 1 aliphatic rings. The second kappa shape index (κ2) is 7.04. The number of amides is 1. The third-order valence-corrected chi connectivity index (χ3v) is 3.44. The molecule has 1 amide bonds. The van der Waals surface area contributed by atoms with Crippen molar-refractivity contribution in [3.05, 3.63) is 29.6 Å². The van der Waals surface area contributed by atoms with Gasteiger partial charge in [-0.3, -0.25) is 9.78 Å². The first kappa shape index (κ1) is 14.5. The molecule has 3 N–H and O–H groups in total. The number of aliphatic hydroxyl groups is 1. The molecular weight excluding hydrogens is 254 g/mol. The van der Waals surface area contributed by atoms with Gasteiger partial charge in [0.15, 0.2) is 0 Å². The van der Waals surface area contributed by atoms with Gasteiger partial charge in [0.25, 0.3) is 5.91 Å². The standard InChI is InChI=1S/C15H19N3O2/c16-6-1-4-13-9-17-7-5-14(13)15(20)18-8-2-3-12(10-18)11-19/h5,7,9,12,19H,2-3,6,8,10-11,16H2. The van der Waals surface area contributed by atoms with Crippen LogP contribution in [0.5, 0.6) is 0 Å². The maximum absolute atomic E-state index is 12.6. The smallest absolute Gasteiger partial charge is 0.255 e. The van der Waals surface area contributed by atoms with E-state index in [0.29, 0.717) is 17.7 Å². The molecule has 0 saturated carbocycles. The number of nitrogens with zero attached hydrogens (tertiary/aromatic N) is 2. The average molecular weight is 273 g/mol. The van der Waals surface area contributed by atoms with E-state index in [-0.39, 0.29) is 25.0 Å². The summed E-state index contributed by atoms with van der Waals surface area (Å²) in [6.07, 6.45) is 5.07. The van der Waals surface area contributed by atoms with Crippen molar-refractivity contribution >= 4 is 5.91 Å². The molecule has 1 fully saturated rings. The molecule has 1 aromatic heterocycles. The van der Waals surface area contributed by atoms with Crippen LogP contribution in [0.1, 0.15) is 28.8 Å². The topological polar surface area (TPSA) is 79.5 Å². The number of nitrogens with two attached hydrogens (primary N) is 1. The van der Waals surface area contributed by atoms with Crippen LogP contribution in [0.2, 0.25) is 0 Å². The number of carbonyl (C=O) groups is 1. The van der Waals surface area contributed by atoms with Gasteiger partial charge in [-0.15, -0.1) is 0 Å². The summed E-state index contributed by atoms with van der Waals surface area (Å²) < 4.78 is 0. The summed E-state index contributed by atoms with van der Waals surface area (Å²) in [4.78, 5) is 18.4. The second-order valence-corrected chi connectivity index (χ2v) is 4.87. The Hall–Kier alpha value is -1.90. The molecule has 1 aliphatic heterocycles. The number of aliphatic hydroxyl groups excluding tert-OH is 1. The summed E-state index contributed by atoms with van der Waals surface area (Å²) in [5.74, 6) is 5.76. The first-order chi connectivity index (χ1) is 9.76. The lowest BCUT2D eigenvalue weighted by atomic mass is 9.98. The number of hydrogen-bond acceptors (Lipinski definition) is 4. The maximum atomic E-state index is 12.6. The van der Waals surface area contributed by atoms with Gasteiger partial charge in [0.2, 0.25) is 0 Å². The fourth-order valence-electron chi connectivity index (χ4n) is 2.40. The molecule has 5 nitrogen and oxygen atoms in total. The Kier molecular flexibility index (Phi) is 5.10. The second-order valence-electron chi connectivity index (χ2n) is 4.87. The Bertz CT molecular complexity index is 533. The minimum Gasteiger partial charge on any atom is -0.396 e. The van der Waals surface area contributed by atoms with Gasteiger partial charge < -0.3 is 15.7 Å². The van der Waals surface area contributed by atoms with Crippen LogP contribution in [0.4, 0.5) is 0 Å². The lowest BCUT2D eigenvalue weighted by Crippen LogP contribution is -2.41. The van der Waals surface area contributed by atoms with E-state index in [1.165, 1.54) is 0 Å². The highest BCUT2D eigenvalue weighted by Gasteiger charge is 2.25. The molecule has 0 aliphatic carbocycles. The SMILES string of the molecule is NCC#Cc1cnccc1C(=O)N1CCCC(CO)C1. The Morgan fingerprint density at radius 1 is 1.60 bits per heavy atom. The van der Waals surface area contributed by atoms with Crippen molar-refractivity contribution in [3.63, 3.8) is 0 Å². The van der Waals surface area contributed by atoms with E-state index in [1.54, 1.807) is 23.4 Å². The van der Waals surface area contributed by atoms with Crippen molar-refractivity contribution in [2.75, 3.05) is 26.2 Å². The van der Waals surface area contributed by atoms with E-state index in [9.17, 15) is 9.90 Å². The number of pyridine rings is 1. The number of aromatic nitrogens is 1. The Morgan fingerprint density at radius 2 is 2.45 bits per heavy atom. The summed E-state index contributed by atoms with van der Waals surface area (Å²) in [6.45, 7) is 1.70. The van der Waals surface area contributed by atoms with Crippen LogP contribution < -0.4 is 5.73 Å². The van der Waals surface area contributed by atoms with Crippen LogP contribution in [0.15, 0.2) is 18.5 Å². The van der Waals surface area contributed by atoms with Gasteiger partial charge in [-0.05, 0) is 24.8 Å². The van der Waals surface area contributed by atoms with E-state index >= 15 is 0 Å². The van der Waals surface area contributed by atoms with Crippen LogP contribution >= 0.6 is 0 Å². The first-order valence-electron chi connectivity index (χ1n) is 6.79. The van der Waals surface area contributed by atoms with Crippen molar-refractivity contribution in [2.24, 2.45) is 11.7 Å². The predicted octanol–water partition coefficient (Wildman–Crippen LogP) is 0.236. The molecule has 0 bridgehead atoms. The molecule has 1 saturated heterocycles. The summed E-state index contributed by atoms with van der Waals surface area (Å²) >= 11 is 0. The molecule has 1 atom stereocenters. The summed E-state index contributed by atoms with van der Waals surface area (Å²) in [5.41, 5.74) is 6.53. The van der Waals surface area contributed by atoms with Crippen molar-refractivity contribution in [3.8, 4) is 11.8 Å². The minimum atomic E-state index is -0.0492. The van der Waals surface area contributed by atoms with E-state index in [4.69, 9.17) is 5.73 Å². The monoisotopic (exact) mass is 273 g/mol. The highest BCUT2D eigenvalue weighted by molar-refractivity contribution is 5.96.